The Morgan fingerprint density at radius 3 is 2.06 bits per heavy atom. The van der Waals surface area contributed by atoms with Crippen LogP contribution >= 0.6 is 0 Å². The number of fused-ring (bicyclic) bond motifs is 4. The third kappa shape index (κ3) is 8.74. The zero-order valence-corrected chi connectivity index (χ0v) is 42.6. The van der Waals surface area contributed by atoms with E-state index in [2.05, 4.69) is 65.0 Å². The van der Waals surface area contributed by atoms with E-state index in [1.807, 2.05) is 68.5 Å². The van der Waals surface area contributed by atoms with Crippen molar-refractivity contribution in [1.29, 1.82) is 0 Å². The second-order valence-corrected chi connectivity index (χ2v) is 24.0. The summed E-state index contributed by atoms with van der Waals surface area (Å²) in [6.45, 7) is 16.4. The first kappa shape index (κ1) is 50.2. The van der Waals surface area contributed by atoms with Crippen LogP contribution in [0.2, 0.25) is 5.04 Å². The zero-order valence-electron chi connectivity index (χ0n) is 39.6. The van der Waals surface area contributed by atoms with Gasteiger partial charge in [-0.3, -0.25) is 9.59 Å². The van der Waals surface area contributed by atoms with Crippen LogP contribution in [0, 0.1) is 40.9 Å². The van der Waals surface area contributed by atoms with Gasteiger partial charge in [-0.25, -0.2) is 4.79 Å². The summed E-state index contributed by atoms with van der Waals surface area (Å²) in [6.07, 6.45) is 9.31. The Balaban J connectivity index is 0.00000680. The van der Waals surface area contributed by atoms with Gasteiger partial charge in [0, 0.05) is 38.9 Å². The summed E-state index contributed by atoms with van der Waals surface area (Å²) < 4.78 is 37.3. The molecule has 0 unspecified atom stereocenters. The Kier molecular flexibility index (Phi) is 15.6. The van der Waals surface area contributed by atoms with Crippen LogP contribution < -0.4 is 45.0 Å². The van der Waals surface area contributed by atoms with Gasteiger partial charge in [-0.1, -0.05) is 138 Å². The van der Waals surface area contributed by atoms with Crippen molar-refractivity contribution in [3.63, 3.8) is 0 Å². The molecule has 338 valence electrons. The number of benzene rings is 2. The molecule has 10 atom stereocenters. The number of Topliss-reactive ketones (excluding diaryl/α,β-unsaturated/α-hetero) is 2. The van der Waals surface area contributed by atoms with Gasteiger partial charge in [0.15, 0.2) is 11.4 Å². The fraction of sp³-hybridized carbons (Fsp3) is 0.519. The third-order valence-corrected chi connectivity index (χ3v) is 19.8. The van der Waals surface area contributed by atoms with Crippen molar-refractivity contribution in [1.82, 2.24) is 0 Å². The van der Waals surface area contributed by atoms with Crippen LogP contribution in [0.3, 0.4) is 0 Å². The SMILES string of the molecule is COCO[C@@H]1[C@H]2C=C[C@H]3/C(C)=C/CC(=O)/C(C)=C/[C@@H]4[C@@H](OCOC)C=C(CO[Si](c5ccccc5)(c5ccccc5)C(C)(C)C)C[C@]45OC(=O)/C(=C(/[O-])[C@@]3(C)[C@@H]2[C@@H](C)C[C@@H]1C)C5=O.[Na+]. The molecule has 1 spiro atoms. The van der Waals surface area contributed by atoms with Crippen molar-refractivity contribution in [3.05, 3.63) is 119 Å². The molecule has 4 aliphatic carbocycles. The van der Waals surface area contributed by atoms with Crippen molar-refractivity contribution < 1.29 is 77.2 Å². The van der Waals surface area contributed by atoms with E-state index in [0.717, 1.165) is 22.4 Å². The molecule has 2 fully saturated rings. The van der Waals surface area contributed by atoms with Gasteiger partial charge in [0.25, 0.3) is 8.32 Å². The van der Waals surface area contributed by atoms with Crippen LogP contribution in [0.15, 0.2) is 119 Å². The minimum absolute atomic E-state index is 0. The Bertz CT molecular complexity index is 2170. The van der Waals surface area contributed by atoms with E-state index >= 15 is 9.90 Å². The number of ketones is 2. The van der Waals surface area contributed by atoms with Crippen LogP contribution in [0.5, 0.6) is 0 Å². The third-order valence-electron chi connectivity index (χ3n) is 14.8. The summed E-state index contributed by atoms with van der Waals surface area (Å²) in [5.41, 5.74) is -1.77. The Morgan fingerprint density at radius 1 is 0.859 bits per heavy atom. The predicted molar refractivity (Wildman–Crippen MR) is 242 cm³/mol. The van der Waals surface area contributed by atoms with Gasteiger partial charge in [0.05, 0.1) is 30.3 Å². The number of carbonyl (C=O) groups excluding carboxylic acids is 3. The molecular formula is C52H65NaO10Si. The first-order chi connectivity index (χ1) is 30.0. The summed E-state index contributed by atoms with van der Waals surface area (Å²) >= 11 is 0. The second-order valence-electron chi connectivity index (χ2n) is 19.7. The number of hydrogen-bond acceptors (Lipinski definition) is 10. The van der Waals surface area contributed by atoms with E-state index in [1.165, 1.54) is 7.11 Å². The number of allylic oxidation sites excluding steroid dienone is 5. The van der Waals surface area contributed by atoms with Crippen LogP contribution in [-0.4, -0.2) is 78.1 Å². The number of methoxy groups -OCH3 is 2. The van der Waals surface area contributed by atoms with Gasteiger partial charge in [0.1, 0.15) is 13.6 Å². The molecule has 10 nitrogen and oxygen atoms in total. The Hall–Kier alpha value is -3.23. The van der Waals surface area contributed by atoms with E-state index in [9.17, 15) is 9.59 Å². The van der Waals surface area contributed by atoms with Gasteiger partial charge in [0.2, 0.25) is 5.78 Å². The molecule has 0 amide bonds. The van der Waals surface area contributed by atoms with Crippen molar-refractivity contribution in [2.75, 3.05) is 34.4 Å². The quantitative estimate of drug-likeness (QED) is 0.108. The fourth-order valence-corrected chi connectivity index (χ4v) is 16.6. The van der Waals surface area contributed by atoms with Crippen LogP contribution in [0.4, 0.5) is 0 Å². The minimum atomic E-state index is -3.08. The molecule has 64 heavy (non-hydrogen) atoms. The van der Waals surface area contributed by atoms with E-state index in [4.69, 9.17) is 28.1 Å². The minimum Gasteiger partial charge on any atom is -0.874 e. The van der Waals surface area contributed by atoms with E-state index < -0.39 is 60.4 Å². The van der Waals surface area contributed by atoms with Crippen molar-refractivity contribution >= 4 is 36.2 Å². The van der Waals surface area contributed by atoms with Gasteiger partial charge in [-0.05, 0) is 70.0 Å². The van der Waals surface area contributed by atoms with Gasteiger partial charge < -0.3 is 33.2 Å². The fourth-order valence-electron chi connectivity index (χ4n) is 12.0. The normalized spacial score (nSPS) is 34.8. The molecule has 1 saturated carbocycles. The summed E-state index contributed by atoms with van der Waals surface area (Å²) in [6, 6.07) is 20.5. The van der Waals surface area contributed by atoms with E-state index in [-0.39, 0.29) is 103 Å². The van der Waals surface area contributed by atoms with Crippen molar-refractivity contribution in [2.24, 2.45) is 40.9 Å². The number of rotatable bonds is 11. The topological polar surface area (TPSA) is 130 Å². The molecule has 0 N–H and O–H groups in total. The monoisotopic (exact) mass is 900 g/mol. The summed E-state index contributed by atoms with van der Waals surface area (Å²) in [7, 11) is 0.00621. The molecular weight excluding hydrogens is 836 g/mol. The van der Waals surface area contributed by atoms with E-state index in [1.54, 1.807) is 20.1 Å². The van der Waals surface area contributed by atoms with Gasteiger partial charge >= 0.3 is 35.5 Å². The summed E-state index contributed by atoms with van der Waals surface area (Å²) in [4.78, 5) is 44.5. The molecule has 1 heterocycles. The molecule has 0 aromatic heterocycles. The predicted octanol–water partition coefficient (Wildman–Crippen LogP) is 3.94. The number of ether oxygens (including phenoxy) is 5. The molecule has 2 aromatic rings. The maximum atomic E-state index is 15.8. The standard InChI is InChI=1S/C52H66O10Si.Na/c1-32-21-24-42(53)33(2)26-41-43(59-30-57-9)27-36(29-61-63(50(5,6)7,37-17-13-11-14-18-37)38-19-15-12-16-20-38)28-52(41)48(55)44(49(56)62-52)47(54)51(8)40(32)23-22-39-45(51)34(3)25-35(4)46(39)60-31-58-10;/h11-23,26-27,34-35,39-41,43,45-46,54H,24-25,28-31H2,1-10H3;/q;+1/p-1/b32-21+,33-26+,47-44+;/t34-,35-,39-,40-,41+,43-,45+,46-,51+,52-;/m0./s1. The summed E-state index contributed by atoms with van der Waals surface area (Å²) in [5.74, 6) is -4.18. The Morgan fingerprint density at radius 2 is 1.47 bits per heavy atom. The Labute approximate surface area is 402 Å². The van der Waals surface area contributed by atoms with Crippen LogP contribution in [-0.2, 0) is 42.5 Å². The number of hydrogen-bond donors (Lipinski definition) is 0. The first-order valence-electron chi connectivity index (χ1n) is 22.4. The first-order valence-corrected chi connectivity index (χ1v) is 24.3. The molecule has 2 aromatic carbocycles. The average molecular weight is 901 g/mol. The zero-order chi connectivity index (χ0) is 45.5. The second kappa shape index (κ2) is 19.9. The van der Waals surface area contributed by atoms with Crippen molar-refractivity contribution in [2.45, 2.75) is 97.5 Å². The van der Waals surface area contributed by atoms with Crippen molar-refractivity contribution in [3.8, 4) is 0 Å². The summed E-state index contributed by atoms with van der Waals surface area (Å²) in [5, 5.41) is 17.6. The largest absolute Gasteiger partial charge is 1.00 e. The van der Waals surface area contributed by atoms with Gasteiger partial charge in [-0.15, -0.1) is 5.76 Å². The maximum absolute atomic E-state index is 15.8. The smallest absolute Gasteiger partial charge is 0.874 e. The maximum Gasteiger partial charge on any atom is 1.00 e. The van der Waals surface area contributed by atoms with Gasteiger partial charge in [-0.2, -0.15) is 0 Å². The number of esters is 1. The molecule has 2 bridgehead atoms. The number of carbonyl (C=O) groups is 3. The molecule has 12 heteroatoms. The average Bonchev–Trinajstić information content (AvgIpc) is 3.49. The molecule has 7 rings (SSSR count). The van der Waals surface area contributed by atoms with Crippen LogP contribution in [0.25, 0.3) is 0 Å². The molecule has 1 aliphatic heterocycles. The molecule has 1 saturated heterocycles. The van der Waals surface area contributed by atoms with E-state index in [0.29, 0.717) is 11.1 Å². The molecule has 0 radical (unpaired) electrons. The molecule has 5 aliphatic rings. The van der Waals surface area contributed by atoms with Crippen LogP contribution in [0.1, 0.15) is 74.7 Å².